The van der Waals surface area contributed by atoms with Gasteiger partial charge in [0.1, 0.15) is 18.3 Å². The lowest BCUT2D eigenvalue weighted by molar-refractivity contribution is -0.139. The normalized spacial score (nSPS) is 15.2. The van der Waals surface area contributed by atoms with Crippen molar-refractivity contribution in [2.24, 2.45) is 0 Å². The largest absolute Gasteiger partial charge is 0.394 e. The van der Waals surface area contributed by atoms with E-state index in [9.17, 15) is 19.8 Å². The first kappa shape index (κ1) is 16.3. The summed E-state index contributed by atoms with van der Waals surface area (Å²) in [7, 11) is 0. The van der Waals surface area contributed by atoms with E-state index in [-0.39, 0.29) is 0 Å². The van der Waals surface area contributed by atoms with E-state index in [0.29, 0.717) is 5.56 Å². The number of carbonyl (C=O) groups is 2. The topological polar surface area (TPSA) is 127 Å². The molecule has 1 rings (SSSR count). The summed E-state index contributed by atoms with van der Waals surface area (Å²) in [6.45, 7) is -1.29. The van der Waals surface area contributed by atoms with Gasteiger partial charge in [-0.1, -0.05) is 18.2 Å². The summed E-state index contributed by atoms with van der Waals surface area (Å²) in [6.07, 6.45) is -5.31. The Labute approximate surface area is 115 Å². The summed E-state index contributed by atoms with van der Waals surface area (Å²) in [5, 5.41) is 38.8. The molecule has 1 aromatic rings. The third-order valence-electron chi connectivity index (χ3n) is 2.69. The number of hydrogen-bond donors (Lipinski definition) is 5. The van der Waals surface area contributed by atoms with Crippen LogP contribution in [0.4, 0.5) is 0 Å². The summed E-state index contributed by atoms with van der Waals surface area (Å²) in [6, 6.07) is 8.17. The van der Waals surface area contributed by atoms with Crippen molar-refractivity contribution in [2.75, 3.05) is 13.2 Å². The standard InChI is InChI=1S/C13H17NO6/c15-7-10(17)12(19)11(18)9(16)6-14-13(20)8-4-2-1-3-5-8/h1-5,10-12,15,17-19H,6-7H2,(H,14,20)/t10-,11-,12+/m0/s1. The number of Topliss-reactive ketones (excluding diaryl/α,β-unsaturated/α-hetero) is 1. The molecule has 7 heteroatoms. The summed E-state index contributed by atoms with van der Waals surface area (Å²) < 4.78 is 0. The highest BCUT2D eigenvalue weighted by molar-refractivity contribution is 5.97. The van der Waals surface area contributed by atoms with Gasteiger partial charge in [0, 0.05) is 5.56 Å². The van der Waals surface area contributed by atoms with Gasteiger partial charge in [-0.15, -0.1) is 0 Å². The van der Waals surface area contributed by atoms with E-state index < -0.39 is 43.2 Å². The highest BCUT2D eigenvalue weighted by Crippen LogP contribution is 2.02. The molecule has 3 atom stereocenters. The van der Waals surface area contributed by atoms with Crippen molar-refractivity contribution < 1.29 is 30.0 Å². The number of aliphatic hydroxyl groups is 4. The zero-order valence-electron chi connectivity index (χ0n) is 10.6. The molecule has 0 spiro atoms. The van der Waals surface area contributed by atoms with E-state index in [1.807, 2.05) is 0 Å². The predicted octanol–water partition coefficient (Wildman–Crippen LogP) is -1.94. The maximum absolute atomic E-state index is 11.6. The van der Waals surface area contributed by atoms with Gasteiger partial charge in [0.05, 0.1) is 13.2 Å². The molecule has 20 heavy (non-hydrogen) atoms. The van der Waals surface area contributed by atoms with Crippen molar-refractivity contribution in [2.45, 2.75) is 18.3 Å². The van der Waals surface area contributed by atoms with Crippen LogP contribution in [-0.4, -0.2) is 63.6 Å². The van der Waals surface area contributed by atoms with Crippen molar-refractivity contribution >= 4 is 11.7 Å². The molecule has 0 aliphatic heterocycles. The minimum absolute atomic E-state index is 0.353. The third-order valence-corrected chi connectivity index (χ3v) is 2.69. The van der Waals surface area contributed by atoms with Crippen LogP contribution in [0.25, 0.3) is 0 Å². The van der Waals surface area contributed by atoms with Crippen LogP contribution >= 0.6 is 0 Å². The van der Waals surface area contributed by atoms with Crippen molar-refractivity contribution in [1.29, 1.82) is 0 Å². The van der Waals surface area contributed by atoms with E-state index in [1.165, 1.54) is 0 Å². The Morgan fingerprint density at radius 1 is 1.10 bits per heavy atom. The van der Waals surface area contributed by atoms with Crippen molar-refractivity contribution in [1.82, 2.24) is 5.32 Å². The van der Waals surface area contributed by atoms with Gasteiger partial charge in [0.25, 0.3) is 5.91 Å². The number of ketones is 1. The van der Waals surface area contributed by atoms with Crippen LogP contribution in [0, 0.1) is 0 Å². The Morgan fingerprint density at radius 2 is 1.70 bits per heavy atom. The second-order valence-corrected chi connectivity index (χ2v) is 4.20. The molecule has 1 amide bonds. The zero-order valence-corrected chi connectivity index (χ0v) is 10.6. The van der Waals surface area contributed by atoms with Crippen LogP contribution in [0.1, 0.15) is 10.4 Å². The fourth-order valence-corrected chi connectivity index (χ4v) is 1.47. The van der Waals surface area contributed by atoms with Crippen LogP contribution in [0.5, 0.6) is 0 Å². The molecule has 0 fully saturated rings. The Bertz CT molecular complexity index is 449. The van der Waals surface area contributed by atoms with Gasteiger partial charge < -0.3 is 25.7 Å². The van der Waals surface area contributed by atoms with E-state index in [1.54, 1.807) is 30.3 Å². The highest BCUT2D eigenvalue weighted by Gasteiger charge is 2.29. The van der Waals surface area contributed by atoms with Gasteiger partial charge in [-0.2, -0.15) is 0 Å². The lowest BCUT2D eigenvalue weighted by Gasteiger charge is -2.20. The van der Waals surface area contributed by atoms with Gasteiger partial charge in [0.2, 0.25) is 0 Å². The second kappa shape index (κ2) is 7.71. The predicted molar refractivity (Wildman–Crippen MR) is 68.9 cm³/mol. The van der Waals surface area contributed by atoms with E-state index in [4.69, 9.17) is 10.2 Å². The first-order chi connectivity index (χ1) is 9.47. The molecule has 110 valence electrons. The third kappa shape index (κ3) is 4.39. The van der Waals surface area contributed by atoms with E-state index >= 15 is 0 Å². The molecule has 0 saturated carbocycles. The lowest BCUT2D eigenvalue weighted by atomic mass is 10.0. The summed E-state index contributed by atoms with van der Waals surface area (Å²) >= 11 is 0. The minimum atomic E-state index is -1.88. The molecular formula is C13H17NO6. The SMILES string of the molecule is O=C(NCC(=O)[C@H](O)[C@H](O)[C@@H](O)CO)c1ccccc1. The lowest BCUT2D eigenvalue weighted by Crippen LogP contribution is -2.47. The molecule has 7 nitrogen and oxygen atoms in total. The van der Waals surface area contributed by atoms with Gasteiger partial charge >= 0.3 is 0 Å². The van der Waals surface area contributed by atoms with E-state index in [2.05, 4.69) is 5.32 Å². The fraction of sp³-hybridized carbons (Fsp3) is 0.385. The number of rotatable bonds is 7. The number of aliphatic hydroxyl groups excluding tert-OH is 4. The van der Waals surface area contributed by atoms with Gasteiger partial charge in [-0.05, 0) is 12.1 Å². The van der Waals surface area contributed by atoms with Crippen LogP contribution in [0.2, 0.25) is 0 Å². The average Bonchev–Trinajstić information content (AvgIpc) is 2.50. The quantitative estimate of drug-likeness (QED) is 0.396. The van der Waals surface area contributed by atoms with Crippen LogP contribution in [-0.2, 0) is 4.79 Å². The Kier molecular flexibility index (Phi) is 6.26. The number of nitrogens with one attached hydrogen (secondary N) is 1. The molecule has 0 bridgehead atoms. The maximum Gasteiger partial charge on any atom is 0.251 e. The Hall–Kier alpha value is -1.80. The van der Waals surface area contributed by atoms with Crippen LogP contribution < -0.4 is 5.32 Å². The first-order valence-electron chi connectivity index (χ1n) is 5.98. The highest BCUT2D eigenvalue weighted by atomic mass is 16.4. The Morgan fingerprint density at radius 3 is 2.25 bits per heavy atom. The van der Waals surface area contributed by atoms with Gasteiger partial charge in [0.15, 0.2) is 5.78 Å². The second-order valence-electron chi connectivity index (χ2n) is 4.20. The number of carbonyl (C=O) groups excluding carboxylic acids is 2. The monoisotopic (exact) mass is 283 g/mol. The number of benzene rings is 1. The molecule has 1 aromatic carbocycles. The molecule has 0 radical (unpaired) electrons. The van der Waals surface area contributed by atoms with Gasteiger partial charge in [-0.25, -0.2) is 0 Å². The maximum atomic E-state index is 11.6. The Balaban J connectivity index is 2.49. The van der Waals surface area contributed by atoms with Crippen molar-refractivity contribution in [3.05, 3.63) is 35.9 Å². The molecule has 5 N–H and O–H groups in total. The molecule has 0 saturated heterocycles. The molecule has 0 aromatic heterocycles. The fourth-order valence-electron chi connectivity index (χ4n) is 1.47. The summed E-state index contributed by atoms with van der Waals surface area (Å²) in [4.78, 5) is 23.2. The molecule has 0 heterocycles. The molecule has 0 aliphatic rings. The zero-order chi connectivity index (χ0) is 15.1. The number of amides is 1. The van der Waals surface area contributed by atoms with Crippen molar-refractivity contribution in [3.8, 4) is 0 Å². The smallest absolute Gasteiger partial charge is 0.251 e. The molecular weight excluding hydrogens is 266 g/mol. The van der Waals surface area contributed by atoms with Gasteiger partial charge in [-0.3, -0.25) is 9.59 Å². The summed E-state index contributed by atoms with van der Waals surface area (Å²) in [5.41, 5.74) is 0.353. The average molecular weight is 283 g/mol. The van der Waals surface area contributed by atoms with Crippen molar-refractivity contribution in [3.63, 3.8) is 0 Å². The number of hydrogen-bond acceptors (Lipinski definition) is 6. The van der Waals surface area contributed by atoms with E-state index in [0.717, 1.165) is 0 Å². The first-order valence-corrected chi connectivity index (χ1v) is 5.98. The molecule has 0 unspecified atom stereocenters. The van der Waals surface area contributed by atoms with Crippen LogP contribution in [0.3, 0.4) is 0 Å². The van der Waals surface area contributed by atoms with Crippen LogP contribution in [0.15, 0.2) is 30.3 Å². The molecule has 0 aliphatic carbocycles. The summed E-state index contributed by atoms with van der Waals surface area (Å²) in [5.74, 6) is -1.36. The minimum Gasteiger partial charge on any atom is -0.394 e.